The van der Waals surface area contributed by atoms with Gasteiger partial charge in [-0.2, -0.15) is 0 Å². The van der Waals surface area contributed by atoms with Gasteiger partial charge in [0.2, 0.25) is 5.91 Å². The Kier molecular flexibility index (Phi) is 8.82. The van der Waals surface area contributed by atoms with Crippen LogP contribution < -0.4 is 10.6 Å². The number of guanidine groups is 1. The van der Waals surface area contributed by atoms with Gasteiger partial charge in [-0.3, -0.25) is 4.79 Å². The number of nitrogens with one attached hydrogen (secondary N) is 2. The van der Waals surface area contributed by atoms with E-state index in [1.807, 2.05) is 6.92 Å². The van der Waals surface area contributed by atoms with E-state index in [9.17, 15) is 4.79 Å². The van der Waals surface area contributed by atoms with Crippen molar-refractivity contribution in [3.63, 3.8) is 0 Å². The lowest BCUT2D eigenvalue weighted by Crippen LogP contribution is -2.39. The summed E-state index contributed by atoms with van der Waals surface area (Å²) in [6.45, 7) is 4.74. The highest BCUT2D eigenvalue weighted by Crippen LogP contribution is 2.16. The van der Waals surface area contributed by atoms with Crippen LogP contribution in [-0.4, -0.2) is 63.2 Å². The van der Waals surface area contributed by atoms with E-state index in [4.69, 9.17) is 4.74 Å². The maximum Gasteiger partial charge on any atom is 0.243 e. The predicted octanol–water partition coefficient (Wildman–Crippen LogP) is 0.979. The highest BCUT2D eigenvalue weighted by Gasteiger charge is 2.13. The summed E-state index contributed by atoms with van der Waals surface area (Å²) in [5, 5.41) is 6.42. The van der Waals surface area contributed by atoms with Crippen molar-refractivity contribution >= 4 is 11.9 Å². The van der Waals surface area contributed by atoms with Crippen LogP contribution in [-0.2, 0) is 9.53 Å². The standard InChI is InChI=1S/C15H30N4O2/c1-4-16-15(18-12-14(20)19(2)3)17-10-7-9-13-8-5-6-11-21-13/h13H,4-12H2,1-3H3,(H2,16,17,18). The first-order valence-electron chi connectivity index (χ1n) is 7.97. The Morgan fingerprint density at radius 1 is 1.33 bits per heavy atom. The SMILES string of the molecule is CCNC(=NCC(=O)N(C)C)NCCCC1CCCCO1. The van der Waals surface area contributed by atoms with E-state index in [-0.39, 0.29) is 12.5 Å². The molecule has 1 fully saturated rings. The molecule has 1 atom stereocenters. The number of ether oxygens (including phenoxy) is 1. The monoisotopic (exact) mass is 298 g/mol. The topological polar surface area (TPSA) is 66.0 Å². The third kappa shape index (κ3) is 7.90. The van der Waals surface area contributed by atoms with Gasteiger partial charge in [-0.15, -0.1) is 0 Å². The Balaban J connectivity index is 2.23. The maximum atomic E-state index is 11.5. The van der Waals surface area contributed by atoms with Gasteiger partial charge >= 0.3 is 0 Å². The second-order valence-electron chi connectivity index (χ2n) is 5.54. The van der Waals surface area contributed by atoms with Crippen molar-refractivity contribution in [3.8, 4) is 0 Å². The minimum absolute atomic E-state index is 0.00260. The summed E-state index contributed by atoms with van der Waals surface area (Å²) in [6, 6.07) is 0. The fourth-order valence-corrected chi connectivity index (χ4v) is 2.20. The van der Waals surface area contributed by atoms with E-state index in [0.29, 0.717) is 12.1 Å². The van der Waals surface area contributed by atoms with Gasteiger partial charge in [0, 0.05) is 33.8 Å². The number of carbonyl (C=O) groups excluding carboxylic acids is 1. The lowest BCUT2D eigenvalue weighted by molar-refractivity contribution is -0.127. The number of hydrogen-bond donors (Lipinski definition) is 2. The minimum atomic E-state index is 0.00260. The smallest absolute Gasteiger partial charge is 0.243 e. The highest BCUT2D eigenvalue weighted by atomic mass is 16.5. The molecule has 2 N–H and O–H groups in total. The van der Waals surface area contributed by atoms with Gasteiger partial charge in [0.15, 0.2) is 5.96 Å². The quantitative estimate of drug-likeness (QED) is 0.418. The largest absolute Gasteiger partial charge is 0.378 e. The molecule has 0 saturated carbocycles. The van der Waals surface area contributed by atoms with Crippen LogP contribution in [0.2, 0.25) is 0 Å². The number of rotatable bonds is 7. The van der Waals surface area contributed by atoms with Crippen LogP contribution in [0.1, 0.15) is 39.0 Å². The zero-order valence-corrected chi connectivity index (χ0v) is 13.7. The molecule has 0 aliphatic carbocycles. The van der Waals surface area contributed by atoms with E-state index in [0.717, 1.165) is 32.5 Å². The Labute approximate surface area is 128 Å². The number of carbonyl (C=O) groups is 1. The van der Waals surface area contributed by atoms with Crippen LogP contribution in [0.15, 0.2) is 4.99 Å². The van der Waals surface area contributed by atoms with Crippen molar-refractivity contribution in [1.29, 1.82) is 0 Å². The summed E-state index contributed by atoms with van der Waals surface area (Å²) >= 11 is 0. The molecule has 0 aromatic carbocycles. The molecular formula is C15H30N4O2. The molecule has 0 bridgehead atoms. The van der Waals surface area contributed by atoms with Gasteiger partial charge in [0.1, 0.15) is 6.54 Å². The second kappa shape index (κ2) is 10.4. The van der Waals surface area contributed by atoms with Gasteiger partial charge < -0.3 is 20.3 Å². The molecule has 21 heavy (non-hydrogen) atoms. The van der Waals surface area contributed by atoms with E-state index in [2.05, 4.69) is 15.6 Å². The lowest BCUT2D eigenvalue weighted by Gasteiger charge is -2.22. The normalized spacial score (nSPS) is 19.2. The van der Waals surface area contributed by atoms with Gasteiger partial charge in [-0.1, -0.05) is 0 Å². The van der Waals surface area contributed by atoms with Gasteiger partial charge in [-0.05, 0) is 39.0 Å². The molecule has 0 spiro atoms. The minimum Gasteiger partial charge on any atom is -0.378 e. The fourth-order valence-electron chi connectivity index (χ4n) is 2.20. The molecule has 6 heteroatoms. The Hall–Kier alpha value is -1.30. The van der Waals surface area contributed by atoms with Gasteiger partial charge in [0.25, 0.3) is 0 Å². The molecule has 1 rings (SSSR count). The van der Waals surface area contributed by atoms with E-state index < -0.39 is 0 Å². The second-order valence-corrected chi connectivity index (χ2v) is 5.54. The van der Waals surface area contributed by atoms with Crippen LogP contribution in [0.4, 0.5) is 0 Å². The number of amides is 1. The third-order valence-electron chi connectivity index (χ3n) is 3.48. The van der Waals surface area contributed by atoms with Crippen molar-refractivity contribution < 1.29 is 9.53 Å². The molecule has 1 saturated heterocycles. The molecule has 0 aromatic heterocycles. The molecule has 1 heterocycles. The molecule has 1 aliphatic heterocycles. The summed E-state index contributed by atoms with van der Waals surface area (Å²) in [6.07, 6.45) is 6.24. The molecule has 1 unspecified atom stereocenters. The summed E-state index contributed by atoms with van der Waals surface area (Å²) in [5.41, 5.74) is 0. The molecule has 1 amide bonds. The third-order valence-corrected chi connectivity index (χ3v) is 3.48. The van der Waals surface area contributed by atoms with Crippen LogP contribution in [0, 0.1) is 0 Å². The number of nitrogens with zero attached hydrogens (tertiary/aromatic N) is 2. The average Bonchev–Trinajstić information content (AvgIpc) is 2.49. The van der Waals surface area contributed by atoms with Crippen molar-refractivity contribution in [2.75, 3.05) is 40.3 Å². The first-order chi connectivity index (χ1) is 10.1. The summed E-state index contributed by atoms with van der Waals surface area (Å²) in [4.78, 5) is 17.4. The van der Waals surface area contributed by atoms with Gasteiger partial charge in [-0.25, -0.2) is 4.99 Å². The number of aliphatic imine (C=N–C) groups is 1. The Morgan fingerprint density at radius 2 is 2.14 bits per heavy atom. The Bertz CT molecular complexity index is 326. The zero-order valence-electron chi connectivity index (χ0n) is 13.7. The molecule has 0 radical (unpaired) electrons. The Morgan fingerprint density at radius 3 is 2.76 bits per heavy atom. The van der Waals surface area contributed by atoms with Crippen LogP contribution in [0.5, 0.6) is 0 Å². The van der Waals surface area contributed by atoms with Gasteiger partial charge in [0.05, 0.1) is 6.10 Å². The molecule has 122 valence electrons. The summed E-state index contributed by atoms with van der Waals surface area (Å²) in [7, 11) is 3.48. The van der Waals surface area contributed by atoms with Crippen LogP contribution in [0.3, 0.4) is 0 Å². The molecule has 0 aromatic rings. The van der Waals surface area contributed by atoms with Crippen LogP contribution >= 0.6 is 0 Å². The molecule has 1 aliphatic rings. The van der Waals surface area contributed by atoms with Crippen molar-refractivity contribution in [2.45, 2.75) is 45.1 Å². The van der Waals surface area contributed by atoms with Crippen molar-refractivity contribution in [3.05, 3.63) is 0 Å². The van der Waals surface area contributed by atoms with Crippen molar-refractivity contribution in [2.24, 2.45) is 4.99 Å². The molecule has 6 nitrogen and oxygen atoms in total. The predicted molar refractivity (Wildman–Crippen MR) is 85.5 cm³/mol. The first-order valence-corrected chi connectivity index (χ1v) is 7.97. The summed E-state index contributed by atoms with van der Waals surface area (Å²) in [5.74, 6) is 0.708. The highest BCUT2D eigenvalue weighted by molar-refractivity contribution is 5.84. The average molecular weight is 298 g/mol. The summed E-state index contributed by atoms with van der Waals surface area (Å²) < 4.78 is 5.71. The van der Waals surface area contributed by atoms with E-state index >= 15 is 0 Å². The zero-order chi connectivity index (χ0) is 15.5. The van der Waals surface area contributed by atoms with E-state index in [1.54, 1.807) is 19.0 Å². The van der Waals surface area contributed by atoms with E-state index in [1.165, 1.54) is 19.3 Å². The number of hydrogen-bond acceptors (Lipinski definition) is 3. The maximum absolute atomic E-state index is 11.5. The first kappa shape index (κ1) is 17.8. The lowest BCUT2D eigenvalue weighted by atomic mass is 10.0. The van der Waals surface area contributed by atoms with Crippen LogP contribution in [0.25, 0.3) is 0 Å². The van der Waals surface area contributed by atoms with Crippen molar-refractivity contribution in [1.82, 2.24) is 15.5 Å². The number of likely N-dealkylation sites (N-methyl/N-ethyl adjacent to an activating group) is 1. The molecular weight excluding hydrogens is 268 g/mol. The fraction of sp³-hybridized carbons (Fsp3) is 0.867.